The molecule has 1 heterocycles. The molecule has 126 valence electrons. The van der Waals surface area contributed by atoms with Crippen LogP contribution in [0.2, 0.25) is 0 Å². The number of nitrogens with one attached hydrogen (secondary N) is 1. The summed E-state index contributed by atoms with van der Waals surface area (Å²) in [6.07, 6.45) is 0. The van der Waals surface area contributed by atoms with Gasteiger partial charge in [0.1, 0.15) is 17.3 Å². The minimum Gasteiger partial charge on any atom is -0.457 e. The first-order valence-electron chi connectivity index (χ1n) is 7.28. The molecule has 1 N–H and O–H groups in total. The molecular formula is C17H13N3O5. The van der Waals surface area contributed by atoms with Crippen LogP contribution in [-0.4, -0.2) is 16.0 Å². The van der Waals surface area contributed by atoms with Crippen LogP contribution >= 0.6 is 0 Å². The molecule has 8 heteroatoms. The fourth-order valence-corrected chi connectivity index (χ4v) is 2.06. The third kappa shape index (κ3) is 3.99. The summed E-state index contributed by atoms with van der Waals surface area (Å²) in [6, 6.07) is 13.8. The van der Waals surface area contributed by atoms with E-state index in [0.29, 0.717) is 28.6 Å². The zero-order valence-electron chi connectivity index (χ0n) is 13.1. The quantitative estimate of drug-likeness (QED) is 0.557. The molecule has 3 aromatic rings. The third-order valence-corrected chi connectivity index (χ3v) is 3.27. The van der Waals surface area contributed by atoms with E-state index in [1.54, 1.807) is 37.3 Å². The minimum absolute atomic E-state index is 0.0116. The predicted molar refractivity (Wildman–Crippen MR) is 88.8 cm³/mol. The molecule has 0 fully saturated rings. The van der Waals surface area contributed by atoms with Crippen molar-refractivity contribution in [2.24, 2.45) is 0 Å². The SMILES string of the molecule is Cc1cc(NC(=O)c2ccc(Oc3ccc([N+](=O)[O-])cc3)cc2)no1. The van der Waals surface area contributed by atoms with Gasteiger partial charge >= 0.3 is 0 Å². The molecule has 0 spiro atoms. The van der Waals surface area contributed by atoms with Gasteiger partial charge < -0.3 is 14.6 Å². The van der Waals surface area contributed by atoms with Crippen LogP contribution in [0.25, 0.3) is 0 Å². The van der Waals surface area contributed by atoms with Gasteiger partial charge in [-0.25, -0.2) is 0 Å². The second-order valence-electron chi connectivity index (χ2n) is 5.15. The summed E-state index contributed by atoms with van der Waals surface area (Å²) in [7, 11) is 0. The van der Waals surface area contributed by atoms with Gasteiger partial charge in [0, 0.05) is 23.8 Å². The largest absolute Gasteiger partial charge is 0.457 e. The Kier molecular flexibility index (Phi) is 4.42. The van der Waals surface area contributed by atoms with Crippen molar-refractivity contribution in [3.63, 3.8) is 0 Å². The Labute approximate surface area is 142 Å². The van der Waals surface area contributed by atoms with Gasteiger partial charge in [-0.1, -0.05) is 5.16 Å². The van der Waals surface area contributed by atoms with E-state index >= 15 is 0 Å². The number of anilines is 1. The number of aryl methyl sites for hydroxylation is 1. The lowest BCUT2D eigenvalue weighted by Gasteiger charge is -2.06. The average Bonchev–Trinajstić information content (AvgIpc) is 3.01. The van der Waals surface area contributed by atoms with Gasteiger partial charge in [-0.15, -0.1) is 0 Å². The molecular weight excluding hydrogens is 326 g/mol. The van der Waals surface area contributed by atoms with Crippen molar-refractivity contribution in [3.8, 4) is 11.5 Å². The summed E-state index contributed by atoms with van der Waals surface area (Å²) in [4.78, 5) is 22.2. The molecule has 8 nitrogen and oxygen atoms in total. The maximum Gasteiger partial charge on any atom is 0.269 e. The number of amides is 1. The Morgan fingerprint density at radius 3 is 2.24 bits per heavy atom. The van der Waals surface area contributed by atoms with E-state index < -0.39 is 4.92 Å². The average molecular weight is 339 g/mol. The van der Waals surface area contributed by atoms with E-state index in [0.717, 1.165) is 0 Å². The number of nitro benzene ring substituents is 1. The fraction of sp³-hybridized carbons (Fsp3) is 0.0588. The number of nitro groups is 1. The number of carbonyl (C=O) groups is 1. The highest BCUT2D eigenvalue weighted by Crippen LogP contribution is 2.24. The lowest BCUT2D eigenvalue weighted by molar-refractivity contribution is -0.384. The molecule has 0 aliphatic heterocycles. The maximum atomic E-state index is 12.1. The smallest absolute Gasteiger partial charge is 0.269 e. The number of rotatable bonds is 5. The Bertz CT molecular complexity index is 901. The number of benzene rings is 2. The molecule has 0 aliphatic carbocycles. The first-order chi connectivity index (χ1) is 12.0. The maximum absolute atomic E-state index is 12.1. The number of aromatic nitrogens is 1. The van der Waals surface area contributed by atoms with Crippen LogP contribution in [0, 0.1) is 17.0 Å². The van der Waals surface area contributed by atoms with Gasteiger partial charge in [-0.05, 0) is 43.3 Å². The van der Waals surface area contributed by atoms with Crippen LogP contribution in [0.5, 0.6) is 11.5 Å². The summed E-state index contributed by atoms with van der Waals surface area (Å²) >= 11 is 0. The molecule has 0 radical (unpaired) electrons. The number of hydrogen-bond acceptors (Lipinski definition) is 6. The highest BCUT2D eigenvalue weighted by atomic mass is 16.6. The third-order valence-electron chi connectivity index (χ3n) is 3.27. The molecule has 25 heavy (non-hydrogen) atoms. The summed E-state index contributed by atoms with van der Waals surface area (Å²) in [5.41, 5.74) is 0.416. The zero-order valence-corrected chi connectivity index (χ0v) is 13.1. The molecule has 2 aromatic carbocycles. The first kappa shape index (κ1) is 16.2. The van der Waals surface area contributed by atoms with E-state index in [-0.39, 0.29) is 11.6 Å². The van der Waals surface area contributed by atoms with Crippen molar-refractivity contribution in [1.29, 1.82) is 0 Å². The Morgan fingerprint density at radius 2 is 1.72 bits per heavy atom. The first-order valence-corrected chi connectivity index (χ1v) is 7.28. The molecule has 0 atom stereocenters. The number of nitrogens with zero attached hydrogens (tertiary/aromatic N) is 2. The topological polar surface area (TPSA) is 108 Å². The van der Waals surface area contributed by atoms with Crippen molar-refractivity contribution in [1.82, 2.24) is 5.16 Å². The molecule has 0 saturated heterocycles. The zero-order chi connectivity index (χ0) is 17.8. The van der Waals surface area contributed by atoms with Crippen LogP contribution in [0.15, 0.2) is 59.1 Å². The van der Waals surface area contributed by atoms with E-state index in [1.165, 1.54) is 24.3 Å². The molecule has 0 aliphatic rings. The van der Waals surface area contributed by atoms with Gasteiger partial charge in [0.15, 0.2) is 5.82 Å². The minimum atomic E-state index is -0.479. The van der Waals surface area contributed by atoms with Gasteiger partial charge in [-0.3, -0.25) is 14.9 Å². The summed E-state index contributed by atoms with van der Waals surface area (Å²) in [6.45, 7) is 1.73. The van der Waals surface area contributed by atoms with Crippen LogP contribution in [0.1, 0.15) is 16.1 Å². The standard InChI is InChI=1S/C17H13N3O5/c1-11-10-16(19-25-11)18-17(21)12-2-6-14(7-3-12)24-15-8-4-13(5-9-15)20(22)23/h2-10H,1H3,(H,18,19,21). The lowest BCUT2D eigenvalue weighted by atomic mass is 10.2. The number of carbonyl (C=O) groups excluding carboxylic acids is 1. The van der Waals surface area contributed by atoms with Gasteiger partial charge in [-0.2, -0.15) is 0 Å². The monoisotopic (exact) mass is 339 g/mol. The van der Waals surface area contributed by atoms with E-state index in [4.69, 9.17) is 9.26 Å². The highest BCUT2D eigenvalue weighted by Gasteiger charge is 2.10. The fourth-order valence-electron chi connectivity index (χ4n) is 2.06. The second-order valence-corrected chi connectivity index (χ2v) is 5.15. The van der Waals surface area contributed by atoms with Crippen molar-refractivity contribution in [3.05, 3.63) is 76.0 Å². The Morgan fingerprint density at radius 1 is 1.12 bits per heavy atom. The van der Waals surface area contributed by atoms with Crippen molar-refractivity contribution >= 4 is 17.4 Å². The number of non-ortho nitro benzene ring substituents is 1. The van der Waals surface area contributed by atoms with Crippen molar-refractivity contribution in [2.45, 2.75) is 6.92 Å². The van der Waals surface area contributed by atoms with E-state index in [2.05, 4.69) is 10.5 Å². The summed E-state index contributed by atoms with van der Waals surface area (Å²) < 4.78 is 10.5. The van der Waals surface area contributed by atoms with Crippen molar-refractivity contribution < 1.29 is 19.0 Å². The Balaban J connectivity index is 1.65. The Hall–Kier alpha value is -3.68. The van der Waals surface area contributed by atoms with Crippen LogP contribution < -0.4 is 10.1 Å². The van der Waals surface area contributed by atoms with Gasteiger partial charge in [0.2, 0.25) is 0 Å². The number of ether oxygens (including phenoxy) is 1. The molecule has 3 rings (SSSR count). The number of hydrogen-bond donors (Lipinski definition) is 1. The predicted octanol–water partition coefficient (Wildman–Crippen LogP) is 3.94. The van der Waals surface area contributed by atoms with Crippen molar-refractivity contribution in [2.75, 3.05) is 5.32 Å². The summed E-state index contributed by atoms with van der Waals surface area (Å²) in [5.74, 6) is 1.58. The molecule has 0 unspecified atom stereocenters. The van der Waals surface area contributed by atoms with Crippen LogP contribution in [-0.2, 0) is 0 Å². The second kappa shape index (κ2) is 6.83. The highest BCUT2D eigenvalue weighted by molar-refractivity contribution is 6.03. The molecule has 1 aromatic heterocycles. The molecule has 0 bridgehead atoms. The lowest BCUT2D eigenvalue weighted by Crippen LogP contribution is -2.11. The van der Waals surface area contributed by atoms with Crippen LogP contribution in [0.3, 0.4) is 0 Å². The van der Waals surface area contributed by atoms with Gasteiger partial charge in [0.05, 0.1) is 4.92 Å². The van der Waals surface area contributed by atoms with Gasteiger partial charge in [0.25, 0.3) is 11.6 Å². The molecule has 1 amide bonds. The normalized spacial score (nSPS) is 10.3. The van der Waals surface area contributed by atoms with Crippen LogP contribution in [0.4, 0.5) is 11.5 Å². The molecule has 0 saturated carbocycles. The summed E-state index contributed by atoms with van der Waals surface area (Å²) in [5, 5.41) is 16.9. The van der Waals surface area contributed by atoms with E-state index in [9.17, 15) is 14.9 Å². The van der Waals surface area contributed by atoms with E-state index in [1.807, 2.05) is 0 Å².